The van der Waals surface area contributed by atoms with Crippen LogP contribution >= 0.6 is 0 Å². The first-order chi connectivity index (χ1) is 6.00. The Hall–Kier alpha value is -0.0800. The molecule has 0 spiro atoms. The summed E-state index contributed by atoms with van der Waals surface area (Å²) < 4.78 is 0. The SMILES string of the molecule is CC(C)(C)C(O)CCN1CCCC1. The first-order valence-corrected chi connectivity index (χ1v) is 5.40. The van der Waals surface area contributed by atoms with Crippen LogP contribution in [0.1, 0.15) is 40.0 Å². The van der Waals surface area contributed by atoms with E-state index in [0.717, 1.165) is 13.0 Å². The van der Waals surface area contributed by atoms with E-state index in [4.69, 9.17) is 0 Å². The Kier molecular flexibility index (Phi) is 3.74. The zero-order chi connectivity index (χ0) is 9.90. The Morgan fingerprint density at radius 3 is 2.23 bits per heavy atom. The van der Waals surface area contributed by atoms with Gasteiger partial charge in [-0.2, -0.15) is 0 Å². The quantitative estimate of drug-likeness (QED) is 0.725. The first kappa shape index (κ1) is 11.0. The van der Waals surface area contributed by atoms with E-state index in [0.29, 0.717) is 0 Å². The lowest BCUT2D eigenvalue weighted by atomic mass is 9.87. The van der Waals surface area contributed by atoms with E-state index in [2.05, 4.69) is 25.7 Å². The highest BCUT2D eigenvalue weighted by molar-refractivity contribution is 4.75. The second kappa shape index (κ2) is 4.43. The molecule has 0 saturated carbocycles. The lowest BCUT2D eigenvalue weighted by Gasteiger charge is -2.27. The van der Waals surface area contributed by atoms with Crippen molar-refractivity contribution in [2.24, 2.45) is 5.41 Å². The minimum atomic E-state index is -0.159. The highest BCUT2D eigenvalue weighted by atomic mass is 16.3. The average molecular weight is 185 g/mol. The molecule has 1 unspecified atom stereocenters. The van der Waals surface area contributed by atoms with Crippen molar-refractivity contribution >= 4 is 0 Å². The molecular weight excluding hydrogens is 162 g/mol. The van der Waals surface area contributed by atoms with Crippen molar-refractivity contribution in [1.29, 1.82) is 0 Å². The largest absolute Gasteiger partial charge is 0.393 e. The predicted octanol–water partition coefficient (Wildman–Crippen LogP) is 1.88. The number of aliphatic hydroxyl groups excluding tert-OH is 1. The van der Waals surface area contributed by atoms with Crippen LogP contribution in [0.25, 0.3) is 0 Å². The monoisotopic (exact) mass is 185 g/mol. The molecule has 1 atom stereocenters. The van der Waals surface area contributed by atoms with Gasteiger partial charge >= 0.3 is 0 Å². The molecule has 1 fully saturated rings. The Bertz CT molecular complexity index is 145. The molecule has 1 N–H and O–H groups in total. The molecule has 2 heteroatoms. The van der Waals surface area contributed by atoms with Crippen LogP contribution in [-0.4, -0.2) is 35.7 Å². The average Bonchev–Trinajstić information content (AvgIpc) is 2.50. The van der Waals surface area contributed by atoms with Crippen molar-refractivity contribution in [3.63, 3.8) is 0 Å². The summed E-state index contributed by atoms with van der Waals surface area (Å²) in [5.41, 5.74) is 0.0414. The molecule has 0 amide bonds. The van der Waals surface area contributed by atoms with Gasteiger partial charge in [0.25, 0.3) is 0 Å². The van der Waals surface area contributed by atoms with Gasteiger partial charge in [0.15, 0.2) is 0 Å². The van der Waals surface area contributed by atoms with E-state index >= 15 is 0 Å². The molecule has 78 valence electrons. The van der Waals surface area contributed by atoms with Gasteiger partial charge in [-0.1, -0.05) is 20.8 Å². The number of hydrogen-bond acceptors (Lipinski definition) is 2. The van der Waals surface area contributed by atoms with Crippen LogP contribution in [0.2, 0.25) is 0 Å². The first-order valence-electron chi connectivity index (χ1n) is 5.40. The summed E-state index contributed by atoms with van der Waals surface area (Å²) in [6.45, 7) is 9.83. The third kappa shape index (κ3) is 3.65. The molecular formula is C11H23NO. The van der Waals surface area contributed by atoms with Crippen molar-refractivity contribution in [3.05, 3.63) is 0 Å². The predicted molar refractivity (Wildman–Crippen MR) is 55.8 cm³/mol. The fraction of sp³-hybridized carbons (Fsp3) is 1.00. The molecule has 0 radical (unpaired) electrons. The van der Waals surface area contributed by atoms with Gasteiger partial charge in [-0.05, 0) is 37.8 Å². The maximum atomic E-state index is 9.82. The van der Waals surface area contributed by atoms with E-state index in [1.54, 1.807) is 0 Å². The van der Waals surface area contributed by atoms with E-state index in [1.165, 1.54) is 25.9 Å². The van der Waals surface area contributed by atoms with Gasteiger partial charge in [0.1, 0.15) is 0 Å². The van der Waals surface area contributed by atoms with E-state index in [-0.39, 0.29) is 11.5 Å². The molecule has 0 aromatic heterocycles. The van der Waals surface area contributed by atoms with Crippen LogP contribution in [0, 0.1) is 5.41 Å². The molecule has 1 saturated heterocycles. The number of nitrogens with zero attached hydrogens (tertiary/aromatic N) is 1. The second-order valence-electron chi connectivity index (χ2n) is 5.22. The van der Waals surface area contributed by atoms with Gasteiger partial charge in [0.2, 0.25) is 0 Å². The highest BCUT2D eigenvalue weighted by Gasteiger charge is 2.23. The molecule has 0 bridgehead atoms. The van der Waals surface area contributed by atoms with Gasteiger partial charge in [-0.15, -0.1) is 0 Å². The molecule has 1 rings (SSSR count). The van der Waals surface area contributed by atoms with Crippen LogP contribution in [0.4, 0.5) is 0 Å². The summed E-state index contributed by atoms with van der Waals surface area (Å²) in [7, 11) is 0. The summed E-state index contributed by atoms with van der Waals surface area (Å²) in [4.78, 5) is 2.45. The van der Waals surface area contributed by atoms with Gasteiger partial charge in [-0.3, -0.25) is 0 Å². The minimum absolute atomic E-state index is 0.0414. The number of rotatable bonds is 3. The normalized spacial score (nSPS) is 22.2. The van der Waals surface area contributed by atoms with Crippen LogP contribution < -0.4 is 0 Å². The van der Waals surface area contributed by atoms with Crippen LogP contribution in [0.15, 0.2) is 0 Å². The Morgan fingerprint density at radius 1 is 1.23 bits per heavy atom. The van der Waals surface area contributed by atoms with Gasteiger partial charge in [-0.25, -0.2) is 0 Å². The molecule has 1 aliphatic heterocycles. The summed E-state index contributed by atoms with van der Waals surface area (Å²) >= 11 is 0. The minimum Gasteiger partial charge on any atom is -0.393 e. The molecule has 0 aromatic carbocycles. The van der Waals surface area contributed by atoms with Crippen molar-refractivity contribution < 1.29 is 5.11 Å². The summed E-state index contributed by atoms with van der Waals surface area (Å²) in [5.74, 6) is 0. The zero-order valence-electron chi connectivity index (χ0n) is 9.21. The number of aliphatic hydroxyl groups is 1. The van der Waals surface area contributed by atoms with E-state index in [9.17, 15) is 5.11 Å². The van der Waals surface area contributed by atoms with Crippen LogP contribution in [0.5, 0.6) is 0 Å². The molecule has 13 heavy (non-hydrogen) atoms. The Balaban J connectivity index is 2.17. The van der Waals surface area contributed by atoms with Crippen LogP contribution in [-0.2, 0) is 0 Å². The lowest BCUT2D eigenvalue weighted by Crippen LogP contribution is -2.31. The van der Waals surface area contributed by atoms with Gasteiger partial charge in [0, 0.05) is 6.54 Å². The molecule has 1 heterocycles. The second-order valence-corrected chi connectivity index (χ2v) is 5.22. The molecule has 1 aliphatic rings. The Labute approximate surface area is 81.9 Å². The summed E-state index contributed by atoms with van der Waals surface area (Å²) in [6, 6.07) is 0. The molecule has 0 aromatic rings. The van der Waals surface area contributed by atoms with E-state index in [1.807, 2.05) is 0 Å². The fourth-order valence-electron chi connectivity index (χ4n) is 1.74. The molecule has 0 aliphatic carbocycles. The highest BCUT2D eigenvalue weighted by Crippen LogP contribution is 2.22. The topological polar surface area (TPSA) is 23.5 Å². The number of hydrogen-bond donors (Lipinski definition) is 1. The van der Waals surface area contributed by atoms with Crippen LogP contribution in [0.3, 0.4) is 0 Å². The zero-order valence-corrected chi connectivity index (χ0v) is 9.21. The van der Waals surface area contributed by atoms with Gasteiger partial charge in [0.05, 0.1) is 6.10 Å². The van der Waals surface area contributed by atoms with Crippen molar-refractivity contribution in [3.8, 4) is 0 Å². The smallest absolute Gasteiger partial charge is 0.0600 e. The Morgan fingerprint density at radius 2 is 1.77 bits per heavy atom. The maximum Gasteiger partial charge on any atom is 0.0600 e. The fourth-order valence-corrected chi connectivity index (χ4v) is 1.74. The maximum absolute atomic E-state index is 9.82. The van der Waals surface area contributed by atoms with E-state index < -0.39 is 0 Å². The number of likely N-dealkylation sites (tertiary alicyclic amines) is 1. The van der Waals surface area contributed by atoms with Crippen molar-refractivity contribution in [2.45, 2.75) is 46.1 Å². The molecule has 2 nitrogen and oxygen atoms in total. The van der Waals surface area contributed by atoms with Crippen molar-refractivity contribution in [2.75, 3.05) is 19.6 Å². The summed E-state index contributed by atoms with van der Waals surface area (Å²) in [6.07, 6.45) is 3.44. The van der Waals surface area contributed by atoms with Gasteiger partial charge < -0.3 is 10.0 Å². The summed E-state index contributed by atoms with van der Waals surface area (Å²) in [5, 5.41) is 9.82. The third-order valence-corrected chi connectivity index (χ3v) is 2.92. The third-order valence-electron chi connectivity index (χ3n) is 2.92. The lowest BCUT2D eigenvalue weighted by molar-refractivity contribution is 0.0477. The van der Waals surface area contributed by atoms with Crippen molar-refractivity contribution in [1.82, 2.24) is 4.90 Å². The standard InChI is InChI=1S/C11H23NO/c1-11(2,3)10(13)6-9-12-7-4-5-8-12/h10,13H,4-9H2,1-3H3.